The van der Waals surface area contributed by atoms with E-state index in [2.05, 4.69) is 15.3 Å². The quantitative estimate of drug-likeness (QED) is 0.330. The van der Waals surface area contributed by atoms with Crippen molar-refractivity contribution in [3.05, 3.63) is 87.3 Å². The number of nitriles is 1. The number of hydrogen-bond acceptors (Lipinski definition) is 6. The molecule has 4 rings (SSSR count). The Hall–Kier alpha value is -3.67. The number of amides is 1. The summed E-state index contributed by atoms with van der Waals surface area (Å²) in [6.45, 7) is 3.63. The van der Waals surface area contributed by atoms with Gasteiger partial charge in [0.2, 0.25) is 5.91 Å². The first-order chi connectivity index (χ1) is 15.9. The van der Waals surface area contributed by atoms with Gasteiger partial charge in [-0.1, -0.05) is 41.6 Å². The molecule has 0 spiro atoms. The van der Waals surface area contributed by atoms with Crippen molar-refractivity contribution in [3.63, 3.8) is 0 Å². The smallest absolute Gasteiger partial charge is 0.267 e. The van der Waals surface area contributed by atoms with Gasteiger partial charge in [-0.25, -0.2) is 14.5 Å². The molecular weight excluding hydrogens is 458 g/mol. The van der Waals surface area contributed by atoms with Crippen LogP contribution in [0.5, 0.6) is 0 Å². The van der Waals surface area contributed by atoms with Gasteiger partial charge in [-0.3, -0.25) is 9.59 Å². The van der Waals surface area contributed by atoms with Crippen molar-refractivity contribution in [1.29, 1.82) is 5.26 Å². The number of para-hydroxylation sites is 1. The van der Waals surface area contributed by atoms with Gasteiger partial charge in [0.05, 0.1) is 26.7 Å². The number of aromatic nitrogens is 3. The Kier molecular flexibility index (Phi) is 6.45. The molecule has 1 unspecified atom stereocenters. The third-order valence-electron chi connectivity index (χ3n) is 4.88. The zero-order valence-electron chi connectivity index (χ0n) is 17.7. The van der Waals surface area contributed by atoms with E-state index in [-0.39, 0.29) is 16.5 Å². The van der Waals surface area contributed by atoms with Crippen LogP contribution in [-0.4, -0.2) is 25.7 Å². The average Bonchev–Trinajstić information content (AvgIpc) is 2.80. The van der Waals surface area contributed by atoms with E-state index in [1.165, 1.54) is 10.6 Å². The number of pyridine rings is 1. The summed E-state index contributed by atoms with van der Waals surface area (Å²) in [6, 6.07) is 17.3. The molecule has 2 aromatic carbocycles. The second kappa shape index (κ2) is 9.45. The molecule has 7 nitrogen and oxygen atoms in total. The predicted octanol–water partition coefficient (Wildman–Crippen LogP) is 4.73. The van der Waals surface area contributed by atoms with Crippen LogP contribution in [0.25, 0.3) is 16.7 Å². The minimum absolute atomic E-state index is 0.256. The summed E-state index contributed by atoms with van der Waals surface area (Å²) in [5, 5.41) is 12.3. The minimum atomic E-state index is -0.593. The lowest BCUT2D eigenvalue weighted by atomic mass is 10.2. The van der Waals surface area contributed by atoms with Crippen LogP contribution in [-0.2, 0) is 4.79 Å². The Morgan fingerprint density at radius 1 is 1.21 bits per heavy atom. The van der Waals surface area contributed by atoms with Crippen LogP contribution < -0.4 is 10.9 Å². The van der Waals surface area contributed by atoms with E-state index in [0.29, 0.717) is 33.1 Å². The van der Waals surface area contributed by atoms with Crippen LogP contribution in [0.4, 0.5) is 5.69 Å². The Labute approximate surface area is 199 Å². The first-order valence-electron chi connectivity index (χ1n) is 9.99. The zero-order chi connectivity index (χ0) is 23.5. The third kappa shape index (κ3) is 4.75. The van der Waals surface area contributed by atoms with E-state index in [1.54, 1.807) is 49.5 Å². The fraction of sp³-hybridized carbons (Fsp3) is 0.125. The van der Waals surface area contributed by atoms with E-state index in [9.17, 15) is 9.59 Å². The molecule has 1 N–H and O–H groups in total. The molecule has 0 saturated heterocycles. The highest BCUT2D eigenvalue weighted by Gasteiger charge is 2.21. The molecule has 33 heavy (non-hydrogen) atoms. The average molecular weight is 476 g/mol. The summed E-state index contributed by atoms with van der Waals surface area (Å²) in [5.74, 6) is 0.129. The molecule has 0 bridgehead atoms. The van der Waals surface area contributed by atoms with Crippen LogP contribution in [0.15, 0.2) is 70.7 Å². The van der Waals surface area contributed by atoms with Gasteiger partial charge in [-0.15, -0.1) is 0 Å². The molecule has 1 amide bonds. The van der Waals surface area contributed by atoms with Crippen molar-refractivity contribution in [3.8, 4) is 11.9 Å². The van der Waals surface area contributed by atoms with Gasteiger partial charge in [0, 0.05) is 11.9 Å². The summed E-state index contributed by atoms with van der Waals surface area (Å²) in [5.41, 5.74) is 2.04. The monoisotopic (exact) mass is 475 g/mol. The van der Waals surface area contributed by atoms with Crippen molar-refractivity contribution in [2.24, 2.45) is 0 Å². The Bertz CT molecular complexity index is 1460. The second-order valence-corrected chi connectivity index (χ2v) is 9.02. The Morgan fingerprint density at radius 2 is 2.00 bits per heavy atom. The van der Waals surface area contributed by atoms with E-state index in [0.717, 1.165) is 17.3 Å². The zero-order valence-corrected chi connectivity index (χ0v) is 19.3. The molecule has 1 atom stereocenters. The number of hydrogen-bond donors (Lipinski definition) is 1. The van der Waals surface area contributed by atoms with Gasteiger partial charge in [0.25, 0.3) is 5.56 Å². The van der Waals surface area contributed by atoms with Crippen LogP contribution in [0.1, 0.15) is 18.1 Å². The molecular formula is C24H18ClN5O2S. The lowest BCUT2D eigenvalue weighted by Crippen LogP contribution is -2.26. The fourth-order valence-corrected chi connectivity index (χ4v) is 4.26. The normalized spacial score (nSPS) is 11.7. The molecule has 164 valence electrons. The molecule has 0 saturated carbocycles. The molecule has 0 aliphatic heterocycles. The number of nitrogens with one attached hydrogen (secondary N) is 1. The number of carbonyl (C=O) groups is 1. The number of rotatable bonds is 5. The number of aryl methyl sites for hydroxylation is 1. The molecule has 9 heteroatoms. The molecule has 0 fully saturated rings. The van der Waals surface area contributed by atoms with E-state index < -0.39 is 5.25 Å². The van der Waals surface area contributed by atoms with Crippen molar-refractivity contribution >= 4 is 45.9 Å². The lowest BCUT2D eigenvalue weighted by Gasteiger charge is -2.16. The highest BCUT2D eigenvalue weighted by Crippen LogP contribution is 2.26. The van der Waals surface area contributed by atoms with Crippen LogP contribution in [0.2, 0.25) is 5.02 Å². The van der Waals surface area contributed by atoms with Gasteiger partial charge in [-0.2, -0.15) is 5.26 Å². The molecule has 4 aromatic rings. The van der Waals surface area contributed by atoms with Gasteiger partial charge in [0.1, 0.15) is 11.9 Å². The molecule has 0 aliphatic carbocycles. The number of anilines is 1. The largest absolute Gasteiger partial charge is 0.325 e. The molecule has 2 aromatic heterocycles. The van der Waals surface area contributed by atoms with Crippen LogP contribution >= 0.6 is 23.4 Å². The number of carbonyl (C=O) groups excluding carboxylic acids is 1. The number of thioether (sulfide) groups is 1. The summed E-state index contributed by atoms with van der Waals surface area (Å²) < 4.78 is 1.43. The van der Waals surface area contributed by atoms with Gasteiger partial charge in [0.15, 0.2) is 5.16 Å². The number of nitrogens with zero attached hydrogens (tertiary/aromatic N) is 4. The molecule has 0 radical (unpaired) electrons. The first-order valence-corrected chi connectivity index (χ1v) is 11.2. The van der Waals surface area contributed by atoms with E-state index >= 15 is 0 Å². The SMILES string of the molecule is Cc1ccc(-n2c(SC(C)C(=O)Nc3ccc(C#N)c(Cl)c3)nc3ccccc3c2=O)nc1. The summed E-state index contributed by atoms with van der Waals surface area (Å²) in [4.78, 5) is 35.2. The number of fused-ring (bicyclic) bond motifs is 1. The highest BCUT2D eigenvalue weighted by atomic mass is 35.5. The molecule has 2 heterocycles. The summed E-state index contributed by atoms with van der Waals surface area (Å²) in [7, 11) is 0. The van der Waals surface area contributed by atoms with Gasteiger partial charge < -0.3 is 5.32 Å². The maximum Gasteiger partial charge on any atom is 0.267 e. The number of halogens is 1. The van der Waals surface area contributed by atoms with Crippen molar-refractivity contribution in [2.75, 3.05) is 5.32 Å². The lowest BCUT2D eigenvalue weighted by molar-refractivity contribution is -0.115. The Morgan fingerprint density at radius 3 is 2.70 bits per heavy atom. The predicted molar refractivity (Wildman–Crippen MR) is 130 cm³/mol. The summed E-state index contributed by atoms with van der Waals surface area (Å²) in [6.07, 6.45) is 1.68. The van der Waals surface area contributed by atoms with Gasteiger partial charge >= 0.3 is 0 Å². The van der Waals surface area contributed by atoms with Crippen LogP contribution in [0.3, 0.4) is 0 Å². The highest BCUT2D eigenvalue weighted by molar-refractivity contribution is 8.00. The second-order valence-electron chi connectivity index (χ2n) is 7.30. The fourth-order valence-electron chi connectivity index (χ4n) is 3.12. The van der Waals surface area contributed by atoms with Gasteiger partial charge in [-0.05, 0) is 55.8 Å². The first kappa shape index (κ1) is 22.5. The van der Waals surface area contributed by atoms with Crippen molar-refractivity contribution < 1.29 is 4.79 Å². The standard InChI is InChI=1S/C24H18ClN5O2S/c1-14-7-10-21(27-13-14)30-23(32)18-5-3-4-6-20(18)29-24(30)33-15(2)22(31)28-17-9-8-16(12-26)19(25)11-17/h3-11,13,15H,1-2H3,(H,28,31). The number of benzene rings is 2. The maximum atomic E-state index is 13.3. The van der Waals surface area contributed by atoms with E-state index in [1.807, 2.05) is 25.1 Å². The molecule has 0 aliphatic rings. The minimum Gasteiger partial charge on any atom is -0.325 e. The van der Waals surface area contributed by atoms with Crippen molar-refractivity contribution in [1.82, 2.24) is 14.5 Å². The van der Waals surface area contributed by atoms with Crippen molar-refractivity contribution in [2.45, 2.75) is 24.3 Å². The maximum absolute atomic E-state index is 13.3. The van der Waals surface area contributed by atoms with Crippen LogP contribution in [0, 0.1) is 18.3 Å². The Balaban J connectivity index is 1.68. The third-order valence-corrected chi connectivity index (χ3v) is 6.24. The topological polar surface area (TPSA) is 101 Å². The van der Waals surface area contributed by atoms with E-state index in [4.69, 9.17) is 16.9 Å². The summed E-state index contributed by atoms with van der Waals surface area (Å²) >= 11 is 7.21.